The van der Waals surface area contributed by atoms with Gasteiger partial charge in [0.1, 0.15) is 0 Å². The highest BCUT2D eigenvalue weighted by Gasteiger charge is 2.21. The molecule has 0 amide bonds. The zero-order valence-corrected chi connectivity index (χ0v) is 45.0. The van der Waals surface area contributed by atoms with Gasteiger partial charge in [-0.05, 0) is 216 Å². The molecule has 0 radical (unpaired) electrons. The molecule has 0 saturated heterocycles. The van der Waals surface area contributed by atoms with E-state index in [2.05, 4.69) is 0 Å². The van der Waals surface area contributed by atoms with E-state index in [1.54, 1.807) is 0 Å². The fraction of sp³-hybridized carbons (Fsp3) is 0. The Morgan fingerprint density at radius 1 is 0.144 bits per heavy atom. The molecule has 0 N–H and O–H groups in total. The van der Waals surface area contributed by atoms with Crippen molar-refractivity contribution in [1.82, 2.24) is 0 Å². The van der Waals surface area contributed by atoms with Crippen LogP contribution in [0.2, 0.25) is 0 Å². The Bertz CT molecular complexity index is 9160. The van der Waals surface area contributed by atoms with Crippen molar-refractivity contribution in [1.29, 1.82) is 0 Å². The van der Waals surface area contributed by atoms with Crippen LogP contribution in [0.25, 0.3) is 186 Å². The topological polar surface area (TPSA) is 0 Å². The molecule has 90 heavy (non-hydrogen) atoms. The summed E-state index contributed by atoms with van der Waals surface area (Å²) in [6.45, 7) is 0. The van der Waals surface area contributed by atoms with Crippen molar-refractivity contribution in [2.24, 2.45) is 0 Å². The standard InChI is InChI=1S/C46H30.C44H26/c1-2-11-31(12-3-1)38-27-28-43-44(30-38)46(40-20-10-16-34-14-6-7-17-39(34)40)42-19-9-8-18-41(42)45(43)35-24-21-33(22-25-35)37-26-23-32-13-4-5-15-36(32)29-37;1-2-6-27(7-3-1)34-24-35(37-20-16-32-14-12-28-8-4-10-30-18-22-39(37)43(32)41(28)30)26-36(25-34)38-21-17-33-15-13-29-9-5-11-31-19-23-40(38)44(33)42(29)31/h1-30H;1-26H/i1D,2D,3D,4D,5D,6D,7D,8D,9D,10D,11D,12D,13D,14D,15D,16D,17D,18D,19D,20D,21D,22D,23D,24D,25D,26D,27D,28D,29D,30D;1D,2D,3D,4D,5D,6D,7D,8D,9D,10D,11D,12D,13D,14D,15D,16D,17D,18D,19D,20D,21D,22D,23D,24D,25D,26D. The fourth-order valence-electron chi connectivity index (χ4n) is 10.9. The van der Waals surface area contributed by atoms with Crippen molar-refractivity contribution >= 4 is 108 Å². The van der Waals surface area contributed by atoms with Gasteiger partial charge in [0.05, 0.1) is 76.8 Å². The SMILES string of the molecule is [2H]c1c([2H])c([2H])c(-c2c([2H])c(-c3c([2H])c([2H])c4c([2H])c([2H])c5c([2H])c([2H])c([2H])c6c([2H])c([2H])c3c4c56)c([2H])c(-c3c([2H])c([2H])c4c([2H])c([2H])c5c([2H])c([2H])c([2H])c6c([2H])c([2H])c3c4c56)c2[2H])c([2H])c1[2H].[2H]c1c([2H])c([2H])c(-c2c([2H])c([2H])c3c(-c4c([2H])c([2H])c(-c5c([2H])c([2H])c6c([2H])c([2H])c([2H])c([2H])c6c5[2H])c([2H])c4[2H])c4c([2H])c([2H])c([2H])c([2H])c4c(-c4c([2H])c([2H])c([2H])c5c([2H])c([2H])c([2H])c([2H])c45)c3c2[2H])c([2H])c1[2H]. The molecule has 0 spiro atoms. The predicted octanol–water partition coefficient (Wildman–Crippen LogP) is 25.4. The van der Waals surface area contributed by atoms with Gasteiger partial charge in [-0.15, -0.1) is 0 Å². The van der Waals surface area contributed by atoms with Crippen LogP contribution in [0, 0.1) is 0 Å². The molecule has 0 bridgehead atoms. The van der Waals surface area contributed by atoms with Crippen LogP contribution in [0.5, 0.6) is 0 Å². The van der Waals surface area contributed by atoms with Crippen molar-refractivity contribution in [3.63, 3.8) is 0 Å². The molecule has 19 aromatic carbocycles. The van der Waals surface area contributed by atoms with Crippen LogP contribution in [-0.2, 0) is 0 Å². The number of rotatable bonds is 7. The summed E-state index contributed by atoms with van der Waals surface area (Å²) < 4.78 is 506. The van der Waals surface area contributed by atoms with E-state index < -0.39 is 502 Å². The Balaban J connectivity index is 0.000000192. The average Bonchev–Trinajstić information content (AvgIpc) is 0.681. The number of hydrogen-bond acceptors (Lipinski definition) is 0. The van der Waals surface area contributed by atoms with Gasteiger partial charge in [-0.3, -0.25) is 0 Å². The first-order chi connectivity index (χ1) is 68.0. The lowest BCUT2D eigenvalue weighted by atomic mass is 9.83. The van der Waals surface area contributed by atoms with Crippen molar-refractivity contribution in [2.75, 3.05) is 0 Å². The van der Waals surface area contributed by atoms with E-state index in [1.807, 2.05) is 0 Å². The predicted molar refractivity (Wildman–Crippen MR) is 388 cm³/mol. The van der Waals surface area contributed by atoms with Crippen LogP contribution in [0.15, 0.2) is 338 Å². The summed E-state index contributed by atoms with van der Waals surface area (Å²) in [4.78, 5) is 0. The molecule has 0 heteroatoms. The first kappa shape index (κ1) is 20.4. The number of fused-ring (bicyclic) bond motifs is 4. The van der Waals surface area contributed by atoms with Crippen LogP contribution in [0.3, 0.4) is 0 Å². The summed E-state index contributed by atoms with van der Waals surface area (Å²) in [7, 11) is 0. The Morgan fingerprint density at radius 2 is 0.511 bits per heavy atom. The third-order valence-electron chi connectivity index (χ3n) is 14.8. The average molecular weight is 1190 g/mol. The van der Waals surface area contributed by atoms with Crippen LogP contribution in [0.4, 0.5) is 0 Å². The highest BCUT2D eigenvalue weighted by molar-refractivity contribution is 6.28. The van der Waals surface area contributed by atoms with Gasteiger partial charge in [-0.1, -0.05) is 308 Å². The van der Waals surface area contributed by atoms with Gasteiger partial charge in [0.2, 0.25) is 0 Å². The molecule has 0 unspecified atom stereocenters. The van der Waals surface area contributed by atoms with Gasteiger partial charge >= 0.3 is 0 Å². The smallest absolute Gasteiger partial charge is 0.0622 e. The lowest BCUT2D eigenvalue weighted by molar-refractivity contribution is 1.59. The summed E-state index contributed by atoms with van der Waals surface area (Å²) in [5.41, 5.74) is -11.9. The van der Waals surface area contributed by atoms with E-state index in [0.29, 0.717) is 0 Å². The highest BCUT2D eigenvalue weighted by atomic mass is 14.2. The Labute approximate surface area is 600 Å². The van der Waals surface area contributed by atoms with Crippen LogP contribution in [0.1, 0.15) is 76.8 Å². The minimum absolute atomic E-state index is 0.312. The Morgan fingerprint density at radius 3 is 1.12 bits per heavy atom. The molecule has 0 saturated carbocycles. The zero-order chi connectivity index (χ0) is 108. The minimum Gasteiger partial charge on any atom is -0.0622 e. The van der Waals surface area contributed by atoms with E-state index >= 15 is 0 Å². The first-order valence-electron chi connectivity index (χ1n) is 54.8. The van der Waals surface area contributed by atoms with Gasteiger partial charge < -0.3 is 0 Å². The summed E-state index contributed by atoms with van der Waals surface area (Å²) in [5.74, 6) is 0. The second kappa shape index (κ2) is 21.0. The van der Waals surface area contributed by atoms with Crippen molar-refractivity contribution in [2.45, 2.75) is 0 Å². The Kier molecular flexibility index (Phi) is 4.77. The minimum atomic E-state index is -1.17. The molecule has 19 aromatic rings. The van der Waals surface area contributed by atoms with Crippen molar-refractivity contribution in [3.05, 3.63) is 338 Å². The molecule has 416 valence electrons. The second-order valence-electron chi connectivity index (χ2n) is 19.8. The molecule has 0 aliphatic rings. The molecular formula is C90H56. The van der Waals surface area contributed by atoms with Gasteiger partial charge in [-0.2, -0.15) is 0 Å². The summed E-state index contributed by atoms with van der Waals surface area (Å²) >= 11 is 0. The van der Waals surface area contributed by atoms with Crippen LogP contribution >= 0.6 is 0 Å². The van der Waals surface area contributed by atoms with Crippen LogP contribution in [-0.4, -0.2) is 0 Å². The molecule has 0 aromatic heterocycles. The highest BCUT2D eigenvalue weighted by Crippen LogP contribution is 2.48. The summed E-state index contributed by atoms with van der Waals surface area (Å²) in [6, 6.07) is -52.4. The molecule has 0 fully saturated rings. The third-order valence-corrected chi connectivity index (χ3v) is 14.8. The lowest BCUT2D eigenvalue weighted by Gasteiger charge is -2.20. The van der Waals surface area contributed by atoms with Gasteiger partial charge in [-0.25, -0.2) is 0 Å². The van der Waals surface area contributed by atoms with Gasteiger partial charge in [0, 0.05) is 0 Å². The first-order valence-corrected chi connectivity index (χ1v) is 26.8. The van der Waals surface area contributed by atoms with E-state index in [0.717, 1.165) is 0 Å². The third kappa shape index (κ3) is 8.52. The zero-order valence-electron chi connectivity index (χ0n) is 101. The van der Waals surface area contributed by atoms with E-state index in [4.69, 9.17) is 48.0 Å². The molecule has 0 nitrogen and oxygen atoms in total. The van der Waals surface area contributed by atoms with Crippen LogP contribution < -0.4 is 0 Å². The number of hydrogen-bond donors (Lipinski definition) is 0. The molecule has 0 atom stereocenters. The summed E-state index contributed by atoms with van der Waals surface area (Å²) in [5, 5.41) is -11.3. The van der Waals surface area contributed by atoms with Gasteiger partial charge in [0.25, 0.3) is 0 Å². The quantitative estimate of drug-likeness (QED) is 0.110. The monoisotopic (exact) mass is 1190 g/mol. The maximum Gasteiger partial charge on any atom is 0.0636 e. The molecule has 0 aliphatic heterocycles. The molecule has 0 aliphatic carbocycles. The fourth-order valence-corrected chi connectivity index (χ4v) is 10.9. The number of benzene rings is 19. The van der Waals surface area contributed by atoms with E-state index in [9.17, 15) is 28.8 Å². The molecule has 0 heterocycles. The van der Waals surface area contributed by atoms with Crippen molar-refractivity contribution in [3.8, 4) is 77.9 Å². The van der Waals surface area contributed by atoms with E-state index in [-0.39, 0.29) is 21.5 Å². The summed E-state index contributed by atoms with van der Waals surface area (Å²) in [6.07, 6.45) is 0. The molecule has 19 rings (SSSR count). The normalized spacial score (nSPS) is 20.5. The second-order valence-corrected chi connectivity index (χ2v) is 19.8. The maximum absolute atomic E-state index is 10.0. The largest absolute Gasteiger partial charge is 0.0636 e. The van der Waals surface area contributed by atoms with E-state index in [1.165, 1.54) is 0 Å². The Hall–Kier alpha value is -11.7. The lowest BCUT2D eigenvalue weighted by Crippen LogP contribution is -1.92. The molecular weight excluding hydrogens is 1080 g/mol. The van der Waals surface area contributed by atoms with Gasteiger partial charge in [0.15, 0.2) is 0 Å². The van der Waals surface area contributed by atoms with Crippen molar-refractivity contribution < 1.29 is 76.8 Å². The maximum atomic E-state index is 10.0.